The third-order valence-corrected chi connectivity index (χ3v) is 4.59. The van der Waals surface area contributed by atoms with Gasteiger partial charge in [0.15, 0.2) is 0 Å². The van der Waals surface area contributed by atoms with E-state index in [1.54, 1.807) is 36.4 Å². The van der Waals surface area contributed by atoms with Crippen LogP contribution < -0.4 is 5.32 Å². The highest BCUT2D eigenvalue weighted by Crippen LogP contribution is 2.24. The molecule has 0 bridgehead atoms. The average Bonchev–Trinajstić information content (AvgIpc) is 3.53. The Bertz CT molecular complexity index is 1300. The molecule has 0 spiro atoms. The third-order valence-electron chi connectivity index (χ3n) is 4.59. The second kappa shape index (κ2) is 7.99. The van der Waals surface area contributed by atoms with Crippen LogP contribution in [0, 0.1) is 0 Å². The van der Waals surface area contributed by atoms with Crippen LogP contribution in [0.5, 0.6) is 0 Å². The molecule has 0 saturated carbocycles. The van der Waals surface area contributed by atoms with E-state index in [1.807, 2.05) is 42.5 Å². The van der Waals surface area contributed by atoms with Crippen molar-refractivity contribution in [2.45, 2.75) is 0 Å². The van der Waals surface area contributed by atoms with Crippen LogP contribution in [0.1, 0.15) is 10.4 Å². The Balaban J connectivity index is 1.28. The summed E-state index contributed by atoms with van der Waals surface area (Å²) >= 11 is 0. The number of tetrazole rings is 1. The number of H-pyrrole nitrogens is 1. The number of carbonyl (C=O) groups excluding carboxylic acids is 1. The van der Waals surface area contributed by atoms with Gasteiger partial charge < -0.3 is 9.73 Å². The zero-order valence-corrected chi connectivity index (χ0v) is 16.1. The van der Waals surface area contributed by atoms with Gasteiger partial charge in [-0.05, 0) is 65.9 Å². The number of carbonyl (C=O) groups is 1. The summed E-state index contributed by atoms with van der Waals surface area (Å²) in [4.78, 5) is 12.6. The molecule has 1 amide bonds. The highest BCUT2D eigenvalue weighted by Gasteiger charge is 2.12. The van der Waals surface area contributed by atoms with Crippen LogP contribution in [0.25, 0.3) is 34.3 Å². The SMILES string of the molecule is O=C(Nc1ccc(-c2nn[nH]n2)cc1)c1ccc(-c2nnc(-c3ccccc3)o2)cc1. The van der Waals surface area contributed by atoms with Crippen LogP contribution in [0.4, 0.5) is 5.69 Å². The van der Waals surface area contributed by atoms with Crippen molar-refractivity contribution in [2.24, 2.45) is 0 Å². The largest absolute Gasteiger partial charge is 0.416 e. The number of hydrogen-bond donors (Lipinski definition) is 2. The fourth-order valence-corrected chi connectivity index (χ4v) is 2.99. The Labute approximate surface area is 176 Å². The number of nitrogens with zero attached hydrogens (tertiary/aromatic N) is 5. The van der Waals surface area contributed by atoms with Crippen molar-refractivity contribution in [1.29, 1.82) is 0 Å². The number of rotatable bonds is 5. The molecule has 9 heteroatoms. The minimum absolute atomic E-state index is 0.227. The Morgan fingerprint density at radius 1 is 0.742 bits per heavy atom. The zero-order valence-electron chi connectivity index (χ0n) is 16.1. The summed E-state index contributed by atoms with van der Waals surface area (Å²) in [7, 11) is 0. The van der Waals surface area contributed by atoms with Crippen molar-refractivity contribution >= 4 is 11.6 Å². The van der Waals surface area contributed by atoms with Crippen LogP contribution >= 0.6 is 0 Å². The standard InChI is InChI=1S/C22H15N7O2/c30-20(23-18-12-10-14(11-13-18)19-24-28-29-25-19)15-6-8-17(9-7-15)22-27-26-21(31-22)16-4-2-1-3-5-16/h1-13H,(H,23,30)(H,24,25,28,29). The van der Waals surface area contributed by atoms with Gasteiger partial charge in [-0.25, -0.2) is 0 Å². The second-order valence-electron chi connectivity index (χ2n) is 6.62. The van der Waals surface area contributed by atoms with Crippen molar-refractivity contribution in [2.75, 3.05) is 5.32 Å². The van der Waals surface area contributed by atoms with Crippen molar-refractivity contribution in [1.82, 2.24) is 30.8 Å². The number of nitrogens with one attached hydrogen (secondary N) is 2. The third kappa shape index (κ3) is 3.92. The smallest absolute Gasteiger partial charge is 0.255 e. The number of hydrogen-bond acceptors (Lipinski definition) is 7. The Morgan fingerprint density at radius 3 is 2.03 bits per heavy atom. The molecule has 0 atom stereocenters. The van der Waals surface area contributed by atoms with E-state index < -0.39 is 0 Å². The van der Waals surface area contributed by atoms with Crippen LogP contribution in [0.15, 0.2) is 83.3 Å². The first-order valence-electron chi connectivity index (χ1n) is 9.41. The molecular weight excluding hydrogens is 394 g/mol. The van der Waals surface area contributed by atoms with Crippen molar-refractivity contribution in [3.05, 3.63) is 84.4 Å². The molecule has 0 saturated heterocycles. The molecule has 5 aromatic rings. The Hall–Kier alpha value is -4.66. The quantitative estimate of drug-likeness (QED) is 0.452. The summed E-state index contributed by atoms with van der Waals surface area (Å²) in [6, 6.07) is 23.7. The molecule has 2 N–H and O–H groups in total. The van der Waals surface area contributed by atoms with Crippen LogP contribution in [-0.4, -0.2) is 36.7 Å². The lowest BCUT2D eigenvalue weighted by atomic mass is 10.1. The molecule has 0 radical (unpaired) electrons. The van der Waals surface area contributed by atoms with Gasteiger partial charge in [0, 0.05) is 27.9 Å². The predicted octanol–water partition coefficient (Wildman–Crippen LogP) is 3.84. The number of amides is 1. The summed E-state index contributed by atoms with van der Waals surface area (Å²) in [6.07, 6.45) is 0. The van der Waals surface area contributed by atoms with E-state index >= 15 is 0 Å². The molecule has 0 unspecified atom stereocenters. The van der Waals surface area contributed by atoms with Gasteiger partial charge >= 0.3 is 0 Å². The van der Waals surface area contributed by atoms with E-state index in [0.29, 0.717) is 28.9 Å². The van der Waals surface area contributed by atoms with Gasteiger partial charge in [0.2, 0.25) is 17.6 Å². The first-order valence-corrected chi connectivity index (χ1v) is 9.41. The number of anilines is 1. The summed E-state index contributed by atoms with van der Waals surface area (Å²) in [5.74, 6) is 1.10. The molecule has 0 aliphatic heterocycles. The monoisotopic (exact) mass is 409 g/mol. The van der Waals surface area contributed by atoms with Gasteiger partial charge in [-0.2, -0.15) is 5.21 Å². The minimum Gasteiger partial charge on any atom is -0.416 e. The topological polar surface area (TPSA) is 122 Å². The van der Waals surface area contributed by atoms with E-state index in [2.05, 4.69) is 36.1 Å². The van der Waals surface area contributed by atoms with E-state index in [1.165, 1.54) is 0 Å². The molecule has 9 nitrogen and oxygen atoms in total. The lowest BCUT2D eigenvalue weighted by Gasteiger charge is -2.06. The molecule has 2 aromatic heterocycles. The molecule has 31 heavy (non-hydrogen) atoms. The predicted molar refractivity (Wildman–Crippen MR) is 113 cm³/mol. The second-order valence-corrected chi connectivity index (χ2v) is 6.62. The molecule has 2 heterocycles. The molecule has 0 fully saturated rings. The lowest BCUT2D eigenvalue weighted by molar-refractivity contribution is 0.102. The van der Waals surface area contributed by atoms with Gasteiger partial charge in [0.05, 0.1) is 0 Å². The summed E-state index contributed by atoms with van der Waals surface area (Å²) in [6.45, 7) is 0. The fourth-order valence-electron chi connectivity index (χ4n) is 2.99. The van der Waals surface area contributed by atoms with Crippen LogP contribution in [0.3, 0.4) is 0 Å². The molecular formula is C22H15N7O2. The van der Waals surface area contributed by atoms with Gasteiger partial charge in [0.25, 0.3) is 5.91 Å². The van der Waals surface area contributed by atoms with E-state index in [4.69, 9.17) is 4.42 Å². The van der Waals surface area contributed by atoms with Crippen molar-refractivity contribution in [3.8, 4) is 34.3 Å². The maximum atomic E-state index is 12.6. The van der Waals surface area contributed by atoms with E-state index in [9.17, 15) is 4.79 Å². The van der Waals surface area contributed by atoms with Gasteiger partial charge in [-0.1, -0.05) is 18.2 Å². The average molecular weight is 409 g/mol. The fraction of sp³-hybridized carbons (Fsp3) is 0. The zero-order chi connectivity index (χ0) is 21.0. The molecule has 0 aliphatic carbocycles. The molecule has 0 aliphatic rings. The normalized spacial score (nSPS) is 10.7. The highest BCUT2D eigenvalue weighted by molar-refractivity contribution is 6.04. The molecule has 3 aromatic carbocycles. The maximum Gasteiger partial charge on any atom is 0.255 e. The van der Waals surface area contributed by atoms with Crippen LogP contribution in [-0.2, 0) is 0 Å². The summed E-state index contributed by atoms with van der Waals surface area (Å²) in [5, 5.41) is 24.8. The lowest BCUT2D eigenvalue weighted by Crippen LogP contribution is -2.11. The van der Waals surface area contributed by atoms with Gasteiger partial charge in [0.1, 0.15) is 0 Å². The van der Waals surface area contributed by atoms with Crippen molar-refractivity contribution < 1.29 is 9.21 Å². The number of aromatic nitrogens is 6. The highest BCUT2D eigenvalue weighted by atomic mass is 16.4. The van der Waals surface area contributed by atoms with E-state index in [-0.39, 0.29) is 5.91 Å². The Morgan fingerprint density at radius 2 is 1.39 bits per heavy atom. The number of aromatic amines is 1. The summed E-state index contributed by atoms with van der Waals surface area (Å²) in [5.41, 5.74) is 3.54. The minimum atomic E-state index is -0.227. The maximum absolute atomic E-state index is 12.6. The van der Waals surface area contributed by atoms with E-state index in [0.717, 1.165) is 16.7 Å². The van der Waals surface area contributed by atoms with Crippen molar-refractivity contribution in [3.63, 3.8) is 0 Å². The van der Waals surface area contributed by atoms with Gasteiger partial charge in [-0.3, -0.25) is 4.79 Å². The first-order chi connectivity index (χ1) is 15.3. The first kappa shape index (κ1) is 18.4. The van der Waals surface area contributed by atoms with Gasteiger partial charge in [-0.15, -0.1) is 20.4 Å². The Kier molecular flexibility index (Phi) is 4.74. The molecule has 150 valence electrons. The van der Waals surface area contributed by atoms with Crippen LogP contribution in [0.2, 0.25) is 0 Å². The summed E-state index contributed by atoms with van der Waals surface area (Å²) < 4.78 is 5.75. The molecule has 5 rings (SSSR count). The number of benzene rings is 3.